The Morgan fingerprint density at radius 1 is 1.40 bits per heavy atom. The molecule has 0 radical (unpaired) electrons. The van der Waals surface area contributed by atoms with Crippen LogP contribution < -0.4 is 0 Å². The highest BCUT2D eigenvalue weighted by Crippen LogP contribution is 2.20. The Bertz CT molecular complexity index is 622. The monoisotopic (exact) mass is 274 g/mol. The van der Waals surface area contributed by atoms with E-state index in [1.807, 2.05) is 43.0 Å². The molecule has 0 N–H and O–H groups in total. The van der Waals surface area contributed by atoms with E-state index in [1.54, 1.807) is 0 Å². The summed E-state index contributed by atoms with van der Waals surface area (Å²) in [7, 11) is 0. The molecular formula is C15H18N2O3. The van der Waals surface area contributed by atoms with Crippen LogP contribution in [-0.4, -0.2) is 41.3 Å². The lowest BCUT2D eigenvalue weighted by Crippen LogP contribution is -2.50. The fourth-order valence-electron chi connectivity index (χ4n) is 2.56. The number of para-hydroxylation sites is 1. The van der Waals surface area contributed by atoms with Crippen LogP contribution in [0.25, 0.3) is 11.0 Å². The van der Waals surface area contributed by atoms with Crippen LogP contribution in [0.15, 0.2) is 28.8 Å². The first-order valence-corrected chi connectivity index (χ1v) is 6.89. The van der Waals surface area contributed by atoms with E-state index in [2.05, 4.69) is 5.16 Å². The summed E-state index contributed by atoms with van der Waals surface area (Å²) in [5.74, 6) is 0.0757. The van der Waals surface area contributed by atoms with Crippen LogP contribution in [0.4, 0.5) is 0 Å². The van der Waals surface area contributed by atoms with E-state index in [9.17, 15) is 4.79 Å². The van der Waals surface area contributed by atoms with Crippen molar-refractivity contribution < 1.29 is 14.1 Å². The highest BCUT2D eigenvalue weighted by molar-refractivity contribution is 5.86. The summed E-state index contributed by atoms with van der Waals surface area (Å²) in [6, 6.07) is 7.71. The number of ether oxygens (including phenoxy) is 1. The number of fused-ring (bicyclic) bond motifs is 1. The predicted octanol–water partition coefficient (Wildman–Crippen LogP) is 2.01. The van der Waals surface area contributed by atoms with E-state index in [0.717, 1.165) is 11.0 Å². The van der Waals surface area contributed by atoms with Crippen LogP contribution in [0, 0.1) is 0 Å². The van der Waals surface area contributed by atoms with Crippen molar-refractivity contribution in [3.8, 4) is 0 Å². The summed E-state index contributed by atoms with van der Waals surface area (Å²) in [6.45, 7) is 5.21. The Hall–Kier alpha value is -1.88. The minimum Gasteiger partial charge on any atom is -0.375 e. The lowest BCUT2D eigenvalue weighted by Gasteiger charge is -2.36. The Morgan fingerprint density at radius 2 is 2.20 bits per heavy atom. The van der Waals surface area contributed by atoms with E-state index in [-0.39, 0.29) is 24.5 Å². The Morgan fingerprint density at radius 3 is 3.05 bits per heavy atom. The molecular weight excluding hydrogens is 256 g/mol. The number of amides is 1. The first-order valence-electron chi connectivity index (χ1n) is 6.89. The molecule has 2 heterocycles. The molecule has 0 spiro atoms. The molecule has 2 aromatic rings. The Labute approximate surface area is 117 Å². The van der Waals surface area contributed by atoms with Gasteiger partial charge in [0.1, 0.15) is 5.69 Å². The van der Waals surface area contributed by atoms with Crippen molar-refractivity contribution in [3.63, 3.8) is 0 Å². The SMILES string of the molecule is C[C@@H]1CN(C(=O)Cc2noc3ccccc23)[C@@H](C)CO1. The van der Waals surface area contributed by atoms with Crippen LogP contribution in [0.1, 0.15) is 19.5 Å². The number of nitrogens with zero attached hydrogens (tertiary/aromatic N) is 2. The zero-order valence-electron chi connectivity index (χ0n) is 11.7. The van der Waals surface area contributed by atoms with E-state index < -0.39 is 0 Å². The van der Waals surface area contributed by atoms with Gasteiger partial charge in [0.15, 0.2) is 5.58 Å². The second kappa shape index (κ2) is 5.25. The first-order chi connectivity index (χ1) is 9.65. The Kier molecular flexibility index (Phi) is 3.44. The van der Waals surface area contributed by atoms with Crippen molar-refractivity contribution >= 4 is 16.9 Å². The third-order valence-corrected chi connectivity index (χ3v) is 3.70. The van der Waals surface area contributed by atoms with Crippen molar-refractivity contribution in [2.45, 2.75) is 32.4 Å². The topological polar surface area (TPSA) is 55.6 Å². The van der Waals surface area contributed by atoms with Crippen LogP contribution in [0.2, 0.25) is 0 Å². The Balaban J connectivity index is 1.78. The second-order valence-corrected chi connectivity index (χ2v) is 5.34. The van der Waals surface area contributed by atoms with Gasteiger partial charge in [0, 0.05) is 11.9 Å². The average Bonchev–Trinajstić information content (AvgIpc) is 2.85. The van der Waals surface area contributed by atoms with Crippen molar-refractivity contribution in [1.82, 2.24) is 10.1 Å². The highest BCUT2D eigenvalue weighted by atomic mass is 16.5. The van der Waals surface area contributed by atoms with Gasteiger partial charge in [0.2, 0.25) is 5.91 Å². The molecule has 5 nitrogen and oxygen atoms in total. The number of benzene rings is 1. The van der Waals surface area contributed by atoms with Gasteiger partial charge in [0.25, 0.3) is 0 Å². The summed E-state index contributed by atoms with van der Waals surface area (Å²) in [4.78, 5) is 14.3. The lowest BCUT2D eigenvalue weighted by atomic mass is 10.1. The van der Waals surface area contributed by atoms with Gasteiger partial charge in [0.05, 0.1) is 25.2 Å². The quantitative estimate of drug-likeness (QED) is 0.840. The minimum absolute atomic E-state index is 0.0757. The number of aromatic nitrogens is 1. The number of hydrogen-bond acceptors (Lipinski definition) is 4. The molecule has 3 rings (SSSR count). The summed E-state index contributed by atoms with van der Waals surface area (Å²) in [5.41, 5.74) is 1.43. The van der Waals surface area contributed by atoms with Crippen LogP contribution in [0.5, 0.6) is 0 Å². The molecule has 1 amide bonds. The molecule has 2 atom stereocenters. The second-order valence-electron chi connectivity index (χ2n) is 5.34. The fourth-order valence-corrected chi connectivity index (χ4v) is 2.56. The maximum Gasteiger partial charge on any atom is 0.229 e. The van der Waals surface area contributed by atoms with Gasteiger partial charge in [-0.05, 0) is 26.0 Å². The van der Waals surface area contributed by atoms with Gasteiger partial charge in [-0.1, -0.05) is 17.3 Å². The molecule has 20 heavy (non-hydrogen) atoms. The van der Waals surface area contributed by atoms with E-state index >= 15 is 0 Å². The zero-order chi connectivity index (χ0) is 14.1. The third-order valence-electron chi connectivity index (χ3n) is 3.70. The van der Waals surface area contributed by atoms with Gasteiger partial charge in [-0.3, -0.25) is 4.79 Å². The lowest BCUT2D eigenvalue weighted by molar-refractivity contribution is -0.142. The smallest absolute Gasteiger partial charge is 0.229 e. The number of rotatable bonds is 2. The van der Waals surface area contributed by atoms with Crippen LogP contribution >= 0.6 is 0 Å². The van der Waals surface area contributed by atoms with Crippen molar-refractivity contribution in [2.24, 2.45) is 0 Å². The molecule has 1 fully saturated rings. The molecule has 0 saturated carbocycles. The maximum atomic E-state index is 12.5. The van der Waals surface area contributed by atoms with Gasteiger partial charge >= 0.3 is 0 Å². The molecule has 106 valence electrons. The van der Waals surface area contributed by atoms with Crippen molar-refractivity contribution in [3.05, 3.63) is 30.0 Å². The minimum atomic E-state index is 0.0757. The zero-order valence-corrected chi connectivity index (χ0v) is 11.7. The summed E-state index contributed by atoms with van der Waals surface area (Å²) in [5, 5.41) is 4.93. The van der Waals surface area contributed by atoms with Gasteiger partial charge < -0.3 is 14.2 Å². The molecule has 1 aliphatic rings. The highest BCUT2D eigenvalue weighted by Gasteiger charge is 2.28. The van der Waals surface area contributed by atoms with Crippen LogP contribution in [0.3, 0.4) is 0 Å². The molecule has 1 aromatic heterocycles. The molecule has 1 saturated heterocycles. The summed E-state index contributed by atoms with van der Waals surface area (Å²) >= 11 is 0. The molecule has 0 aliphatic carbocycles. The molecule has 1 aromatic carbocycles. The number of carbonyl (C=O) groups is 1. The van der Waals surface area contributed by atoms with E-state index in [0.29, 0.717) is 18.8 Å². The summed E-state index contributed by atoms with van der Waals surface area (Å²) in [6.07, 6.45) is 0.359. The standard InChI is InChI=1S/C15H18N2O3/c1-10-9-19-11(2)8-17(10)15(18)7-13-12-5-3-4-6-14(12)20-16-13/h3-6,10-11H,7-9H2,1-2H3/t10-,11+/m0/s1. The number of carbonyl (C=O) groups excluding carboxylic acids is 1. The van der Waals surface area contributed by atoms with Crippen LogP contribution in [-0.2, 0) is 16.0 Å². The predicted molar refractivity (Wildman–Crippen MR) is 74.3 cm³/mol. The maximum absolute atomic E-state index is 12.5. The van der Waals surface area contributed by atoms with E-state index in [4.69, 9.17) is 9.26 Å². The molecule has 1 aliphatic heterocycles. The van der Waals surface area contributed by atoms with Crippen molar-refractivity contribution in [1.29, 1.82) is 0 Å². The molecule has 5 heteroatoms. The average molecular weight is 274 g/mol. The fraction of sp³-hybridized carbons (Fsp3) is 0.467. The third kappa shape index (κ3) is 2.41. The van der Waals surface area contributed by atoms with Gasteiger partial charge in [-0.2, -0.15) is 0 Å². The molecule has 0 unspecified atom stereocenters. The van der Waals surface area contributed by atoms with E-state index in [1.165, 1.54) is 0 Å². The van der Waals surface area contributed by atoms with Gasteiger partial charge in [-0.15, -0.1) is 0 Å². The van der Waals surface area contributed by atoms with Crippen molar-refractivity contribution in [2.75, 3.05) is 13.2 Å². The largest absolute Gasteiger partial charge is 0.375 e. The number of morpholine rings is 1. The van der Waals surface area contributed by atoms with Gasteiger partial charge in [-0.25, -0.2) is 0 Å². The first kappa shape index (κ1) is 13.1. The normalized spacial score (nSPS) is 23.2. The summed E-state index contributed by atoms with van der Waals surface area (Å²) < 4.78 is 10.8. The number of hydrogen-bond donors (Lipinski definition) is 0. The molecule has 0 bridgehead atoms.